The van der Waals surface area contributed by atoms with E-state index < -0.39 is 20.7 Å². The van der Waals surface area contributed by atoms with Crippen molar-refractivity contribution in [2.45, 2.75) is 35.8 Å². The van der Waals surface area contributed by atoms with Crippen LogP contribution in [-0.2, 0) is 20.7 Å². The molecule has 0 saturated carbocycles. The van der Waals surface area contributed by atoms with Gasteiger partial charge in [0.1, 0.15) is 0 Å². The molecule has 0 saturated heterocycles. The summed E-state index contributed by atoms with van der Waals surface area (Å²) in [5, 5.41) is 2.34. The molecule has 0 aromatic heterocycles. The fourth-order valence-corrected chi connectivity index (χ4v) is 6.26. The largest absolute Gasteiger partial charge is 0.288 e. The highest BCUT2D eigenvalue weighted by Gasteiger charge is 2.17. The van der Waals surface area contributed by atoms with E-state index in [2.05, 4.69) is 3.77 Å². The number of hydrogen-bond donors (Lipinski definition) is 0. The molecule has 3 aromatic carbocycles. The van der Waals surface area contributed by atoms with Crippen LogP contribution in [-0.4, -0.2) is 13.7 Å². The number of nitrogens with zero attached hydrogens (tertiary/aromatic N) is 1. The predicted molar refractivity (Wildman–Crippen MR) is 106 cm³/mol. The van der Waals surface area contributed by atoms with Gasteiger partial charge in [-0.05, 0) is 52.7 Å². The van der Waals surface area contributed by atoms with Crippen LogP contribution in [0.1, 0.15) is 19.4 Å². The predicted octanol–water partition coefficient (Wildman–Crippen LogP) is 5.11. The molecular weight excluding hydrogens is 350 g/mol. The van der Waals surface area contributed by atoms with Crippen LogP contribution >= 0.6 is 0 Å². The maximum atomic E-state index is 12.7. The molecule has 130 valence electrons. The first kappa shape index (κ1) is 17.8. The molecule has 3 aromatic rings. The van der Waals surface area contributed by atoms with E-state index in [-0.39, 0.29) is 10.1 Å². The number of hydrogen-bond acceptors (Lipinski definition) is 2. The first-order chi connectivity index (χ1) is 11.9. The van der Waals surface area contributed by atoms with Gasteiger partial charge in [-0.25, -0.2) is 0 Å². The first-order valence-electron chi connectivity index (χ1n) is 8.13. The summed E-state index contributed by atoms with van der Waals surface area (Å²) >= 11 is 0. The Hall–Kier alpha value is -1.98. The van der Waals surface area contributed by atoms with Gasteiger partial charge in [-0.2, -0.15) is 8.42 Å². The second-order valence-electron chi connectivity index (χ2n) is 6.23. The minimum absolute atomic E-state index is 0.0985. The van der Waals surface area contributed by atoms with Gasteiger partial charge in [-0.1, -0.05) is 61.9 Å². The van der Waals surface area contributed by atoms with Crippen LogP contribution in [0.4, 0.5) is 0 Å². The molecule has 0 N–H and O–H groups in total. The van der Waals surface area contributed by atoms with Crippen molar-refractivity contribution >= 4 is 31.5 Å². The first-order valence-corrected chi connectivity index (χ1v) is 10.8. The summed E-state index contributed by atoms with van der Waals surface area (Å²) in [6.45, 7) is 5.94. The van der Waals surface area contributed by atoms with Gasteiger partial charge in [-0.3, -0.25) is 0 Å². The second kappa shape index (κ2) is 7.10. The zero-order chi connectivity index (χ0) is 18.0. The molecule has 25 heavy (non-hydrogen) atoms. The maximum absolute atomic E-state index is 12.7. The van der Waals surface area contributed by atoms with Gasteiger partial charge in [0.05, 0.1) is 4.90 Å². The Morgan fingerprint density at radius 1 is 0.880 bits per heavy atom. The van der Waals surface area contributed by atoms with E-state index in [4.69, 9.17) is 0 Å². The smallest absolute Gasteiger partial charge is 0.199 e. The van der Waals surface area contributed by atoms with Crippen LogP contribution in [0.2, 0.25) is 0 Å². The molecule has 0 aliphatic heterocycles. The molecule has 0 aliphatic carbocycles. The van der Waals surface area contributed by atoms with E-state index in [1.165, 1.54) is 0 Å². The molecule has 0 unspecified atom stereocenters. The Morgan fingerprint density at radius 3 is 2.16 bits per heavy atom. The van der Waals surface area contributed by atoms with Crippen molar-refractivity contribution in [3.8, 4) is 0 Å². The van der Waals surface area contributed by atoms with Gasteiger partial charge in [0.25, 0.3) is 10.0 Å². The Morgan fingerprint density at radius 2 is 1.52 bits per heavy atom. The lowest BCUT2D eigenvalue weighted by molar-refractivity contribution is 0.598. The number of benzene rings is 3. The highest BCUT2D eigenvalue weighted by molar-refractivity contribution is 8.00. The van der Waals surface area contributed by atoms with Crippen molar-refractivity contribution in [1.82, 2.24) is 0 Å². The van der Waals surface area contributed by atoms with Crippen molar-refractivity contribution < 1.29 is 8.42 Å². The molecule has 3 nitrogen and oxygen atoms in total. The zero-order valence-corrected chi connectivity index (χ0v) is 16.1. The third-order valence-electron chi connectivity index (χ3n) is 3.91. The number of fused-ring (bicyclic) bond motifs is 1. The zero-order valence-electron chi connectivity index (χ0n) is 14.5. The van der Waals surface area contributed by atoms with Crippen LogP contribution in [0.25, 0.3) is 10.8 Å². The molecule has 0 amide bonds. The average Bonchev–Trinajstić information content (AvgIpc) is 2.59. The minimum atomic E-state index is -3.69. The fraction of sp³-hybridized carbons (Fsp3) is 0.200. The maximum Gasteiger partial charge on any atom is 0.288 e. The monoisotopic (exact) mass is 371 g/mol. The van der Waals surface area contributed by atoms with Crippen LogP contribution in [0.3, 0.4) is 0 Å². The molecule has 0 heterocycles. The van der Waals surface area contributed by atoms with E-state index in [0.29, 0.717) is 0 Å². The lowest BCUT2D eigenvalue weighted by atomic mass is 10.1. The Balaban J connectivity index is 2.10. The van der Waals surface area contributed by atoms with E-state index in [9.17, 15) is 8.42 Å². The quantitative estimate of drug-likeness (QED) is 0.640. The lowest BCUT2D eigenvalue weighted by Crippen LogP contribution is -2.09. The standard InChI is InChI=1S/C20H21NO2S2/c1-15(2)24(19-11-10-17-6-4-5-7-18(17)14-19)21-25(22,23)20-12-8-16(3)9-13-20/h4-15H,1-3H3/t24-/m1/s1. The molecule has 0 fully saturated rings. The molecule has 3 rings (SSSR count). The van der Waals surface area contributed by atoms with Crippen LogP contribution in [0.15, 0.2) is 80.3 Å². The normalized spacial score (nSPS) is 13.4. The summed E-state index contributed by atoms with van der Waals surface area (Å²) < 4.78 is 29.8. The second-order valence-corrected chi connectivity index (χ2v) is 10.3. The van der Waals surface area contributed by atoms with E-state index in [1.807, 2.05) is 63.2 Å². The van der Waals surface area contributed by atoms with Gasteiger partial charge in [0.15, 0.2) is 0 Å². The van der Waals surface area contributed by atoms with Crippen molar-refractivity contribution in [3.63, 3.8) is 0 Å². The SMILES string of the molecule is Cc1ccc(S(=O)(=O)/N=[S@@](/c2ccc3ccccc3c2)C(C)C)cc1. The lowest BCUT2D eigenvalue weighted by Gasteiger charge is -2.13. The average molecular weight is 372 g/mol. The van der Waals surface area contributed by atoms with Crippen LogP contribution in [0, 0.1) is 6.92 Å². The van der Waals surface area contributed by atoms with Gasteiger partial charge >= 0.3 is 0 Å². The molecule has 1 atom stereocenters. The van der Waals surface area contributed by atoms with Crippen molar-refractivity contribution in [2.75, 3.05) is 0 Å². The van der Waals surface area contributed by atoms with E-state index in [1.54, 1.807) is 24.3 Å². The molecule has 0 radical (unpaired) electrons. The van der Waals surface area contributed by atoms with E-state index >= 15 is 0 Å². The Kier molecular flexibility index (Phi) is 5.06. The summed E-state index contributed by atoms with van der Waals surface area (Å²) in [6.07, 6.45) is 0. The summed E-state index contributed by atoms with van der Waals surface area (Å²) in [6, 6.07) is 21.0. The minimum Gasteiger partial charge on any atom is -0.199 e. The Labute approximate surface area is 151 Å². The topological polar surface area (TPSA) is 46.5 Å². The summed E-state index contributed by atoms with van der Waals surface area (Å²) in [5.41, 5.74) is 1.02. The summed E-state index contributed by atoms with van der Waals surface area (Å²) in [7, 11) is -4.42. The summed E-state index contributed by atoms with van der Waals surface area (Å²) in [5.74, 6) is 0. The van der Waals surface area contributed by atoms with Gasteiger partial charge < -0.3 is 0 Å². The molecular formula is C20H21NO2S2. The molecule has 5 heteroatoms. The van der Waals surface area contributed by atoms with Crippen LogP contribution in [0.5, 0.6) is 0 Å². The van der Waals surface area contributed by atoms with Gasteiger partial charge in [-0.15, -0.1) is 3.77 Å². The number of aryl methyl sites for hydroxylation is 1. The number of rotatable bonds is 4. The summed E-state index contributed by atoms with van der Waals surface area (Å²) in [4.78, 5) is 1.20. The highest BCUT2D eigenvalue weighted by Crippen LogP contribution is 2.24. The molecule has 0 aliphatic rings. The highest BCUT2D eigenvalue weighted by atomic mass is 32.3. The van der Waals surface area contributed by atoms with E-state index in [0.717, 1.165) is 21.2 Å². The molecule has 0 bridgehead atoms. The third kappa shape index (κ3) is 3.99. The fourth-order valence-electron chi connectivity index (χ4n) is 2.56. The molecule has 0 spiro atoms. The van der Waals surface area contributed by atoms with Crippen molar-refractivity contribution in [1.29, 1.82) is 0 Å². The number of sulfonamides is 1. The Bertz CT molecular complexity index is 1040. The van der Waals surface area contributed by atoms with Crippen molar-refractivity contribution in [3.05, 3.63) is 72.3 Å². The van der Waals surface area contributed by atoms with Crippen LogP contribution < -0.4 is 0 Å². The van der Waals surface area contributed by atoms with Gasteiger partial charge in [0.2, 0.25) is 0 Å². The van der Waals surface area contributed by atoms with Crippen molar-refractivity contribution in [2.24, 2.45) is 3.77 Å². The van der Waals surface area contributed by atoms with Gasteiger partial charge in [0, 0.05) is 10.1 Å². The third-order valence-corrected chi connectivity index (χ3v) is 7.83.